The number of hydrogen-bond donors (Lipinski definition) is 0. The molecule has 4 aliphatic heterocycles. The summed E-state index contributed by atoms with van der Waals surface area (Å²) in [7, 11) is 0. The van der Waals surface area contributed by atoms with Crippen LogP contribution in [0.25, 0.3) is 24.3 Å². The number of allylic oxidation sites excluding steroid dienone is 6. The number of carbonyl (C=O) groups is 4. The number of aromatic nitrogens is 4. The van der Waals surface area contributed by atoms with E-state index >= 15 is 0 Å². The van der Waals surface area contributed by atoms with Crippen LogP contribution >= 0.6 is 0 Å². The molecule has 0 radical (unpaired) electrons. The summed E-state index contributed by atoms with van der Waals surface area (Å²) in [6.07, 6.45) is 32.5. The van der Waals surface area contributed by atoms with Crippen LogP contribution in [-0.2, 0) is 103 Å². The van der Waals surface area contributed by atoms with E-state index in [0.717, 1.165) is 222 Å². The summed E-state index contributed by atoms with van der Waals surface area (Å²) >= 11 is 0. The van der Waals surface area contributed by atoms with E-state index in [1.165, 1.54) is 99.3 Å². The first-order valence-electron chi connectivity index (χ1n) is 41.5. The topological polar surface area (TPSA) is 211 Å². The maximum atomic E-state index is 12.9. The van der Waals surface area contributed by atoms with Crippen LogP contribution in [0.3, 0.4) is 0 Å². The van der Waals surface area contributed by atoms with Crippen LogP contribution in [0.5, 0.6) is 0 Å². The monoisotopic (exact) mass is 1630 g/mol. The fourth-order valence-corrected chi connectivity index (χ4v) is 15.5. The molecule has 0 spiro atoms. The summed E-state index contributed by atoms with van der Waals surface area (Å²) < 4.78 is 23.0. The Labute approximate surface area is 698 Å². The molecule has 0 aromatic carbocycles. The van der Waals surface area contributed by atoms with Gasteiger partial charge in [-0.25, -0.2) is 0 Å². The fraction of sp³-hybridized carbons (Fsp3) is 0.574. The second kappa shape index (κ2) is 45.8. The van der Waals surface area contributed by atoms with Gasteiger partial charge in [0, 0.05) is 22.8 Å². The van der Waals surface area contributed by atoms with Gasteiger partial charge >= 0.3 is 62.8 Å². The molecule has 4 aromatic heterocycles. The van der Waals surface area contributed by atoms with Gasteiger partial charge in [-0.15, -0.1) is 22.8 Å². The SMILES string of the molecule is CCCCCC[C@H](C)OC(=O)CC1=C(C)/C(=C/c2[n-]c(C)c(CC3=C(C)/C(=C/c4[n-]c(C)c(CC(=O)O[C@@H](C)CCCCCC)c4C)N=C3C)c2C)N=C1C.CCCCCC[C@H](C)OC(=O)CC1=C(C)/C(=C/c2[n-]c(C)c(CC3=C(C)/C(=C/c4[n-]c(C)c(CC(=O)O[C@@H](C)CCCCCC)c4C)N=C3C)c2C)N=C1C.[Zn+2].[Zn+2]. The van der Waals surface area contributed by atoms with Crippen molar-refractivity contribution in [2.75, 3.05) is 0 Å². The van der Waals surface area contributed by atoms with Gasteiger partial charge < -0.3 is 38.9 Å². The Morgan fingerprint density at radius 1 is 0.304 bits per heavy atom. The number of esters is 4. The number of aryl methyl sites for hydroxylation is 4. The van der Waals surface area contributed by atoms with E-state index < -0.39 is 0 Å². The van der Waals surface area contributed by atoms with Crippen molar-refractivity contribution >= 4 is 71.0 Å². The van der Waals surface area contributed by atoms with Crippen LogP contribution in [0.2, 0.25) is 0 Å². The minimum atomic E-state index is -0.197. The molecule has 16 nitrogen and oxygen atoms in total. The quantitative estimate of drug-likeness (QED) is 0.0176. The van der Waals surface area contributed by atoms with Crippen molar-refractivity contribution in [1.29, 1.82) is 0 Å². The Balaban J connectivity index is 0.000000393. The minimum Gasteiger partial charge on any atom is -0.661 e. The third-order valence-corrected chi connectivity index (χ3v) is 22.8. The number of ether oxygens (including phenoxy) is 4. The Kier molecular flexibility index (Phi) is 39.0. The van der Waals surface area contributed by atoms with E-state index in [9.17, 15) is 19.2 Å². The molecule has 112 heavy (non-hydrogen) atoms. The van der Waals surface area contributed by atoms with E-state index in [-0.39, 0.29) is 113 Å². The van der Waals surface area contributed by atoms with Crippen molar-refractivity contribution in [3.63, 3.8) is 0 Å². The third-order valence-electron chi connectivity index (χ3n) is 22.8. The summed E-state index contributed by atoms with van der Waals surface area (Å²) in [5.74, 6) is -0.787. The predicted octanol–water partition coefficient (Wildman–Crippen LogP) is 22.2. The van der Waals surface area contributed by atoms with Gasteiger partial charge in [-0.3, -0.25) is 39.1 Å². The van der Waals surface area contributed by atoms with Gasteiger partial charge in [0.25, 0.3) is 0 Å². The summed E-state index contributed by atoms with van der Waals surface area (Å²) in [4.78, 5) is 90.8. The molecule has 600 valence electrons. The number of aliphatic imine (C=N–C) groups is 4. The Hall–Kier alpha value is -7.15. The summed E-state index contributed by atoms with van der Waals surface area (Å²) in [6, 6.07) is 0. The molecule has 4 atom stereocenters. The van der Waals surface area contributed by atoms with Gasteiger partial charge in [-0.2, -0.15) is 22.8 Å². The molecule has 0 aliphatic carbocycles. The molecule has 8 rings (SSSR count). The minimum absolute atomic E-state index is 0. The fourth-order valence-electron chi connectivity index (χ4n) is 15.5. The number of hydrogen-bond acceptors (Lipinski definition) is 12. The second-order valence-electron chi connectivity index (χ2n) is 31.7. The summed E-state index contributed by atoms with van der Waals surface area (Å²) in [5.41, 5.74) is 31.3. The second-order valence-corrected chi connectivity index (χ2v) is 31.7. The molecule has 0 amide bonds. The van der Waals surface area contributed by atoms with Crippen LogP contribution in [0.1, 0.15) is 342 Å². The first-order chi connectivity index (χ1) is 52.3. The van der Waals surface area contributed by atoms with Crippen molar-refractivity contribution in [2.45, 2.75) is 358 Å². The molecule has 4 aliphatic rings. The van der Waals surface area contributed by atoms with Gasteiger partial charge in [0.15, 0.2) is 0 Å². The van der Waals surface area contributed by atoms with Gasteiger partial charge in [0.1, 0.15) is 0 Å². The van der Waals surface area contributed by atoms with Crippen LogP contribution in [-0.4, -0.2) is 71.1 Å². The van der Waals surface area contributed by atoms with Gasteiger partial charge in [0.2, 0.25) is 0 Å². The molecule has 0 fully saturated rings. The van der Waals surface area contributed by atoms with Crippen LogP contribution in [0.15, 0.2) is 87.3 Å². The Morgan fingerprint density at radius 3 is 0.768 bits per heavy atom. The van der Waals surface area contributed by atoms with Crippen LogP contribution in [0.4, 0.5) is 0 Å². The maximum absolute atomic E-state index is 12.9. The Bertz CT molecular complexity index is 4100. The number of unbranched alkanes of at least 4 members (excludes halogenated alkanes) is 12. The molecular weight excluding hydrogens is 1500 g/mol. The molecule has 0 saturated carbocycles. The average molecular weight is 1630 g/mol. The average Bonchev–Trinajstić information content (AvgIpc) is 1.63. The van der Waals surface area contributed by atoms with Crippen LogP contribution in [0, 0.1) is 55.4 Å². The normalized spacial score (nSPS) is 16.8. The first-order valence-corrected chi connectivity index (χ1v) is 41.5. The van der Waals surface area contributed by atoms with Gasteiger partial charge in [0.05, 0.1) is 72.9 Å². The zero-order valence-corrected chi connectivity index (χ0v) is 79.2. The number of rotatable bonds is 40. The van der Waals surface area contributed by atoms with Crippen molar-refractivity contribution < 1.29 is 77.1 Å². The molecule has 0 bridgehead atoms. The third kappa shape index (κ3) is 26.4. The first kappa shape index (κ1) is 95.4. The van der Waals surface area contributed by atoms with E-state index in [2.05, 4.69) is 107 Å². The van der Waals surface area contributed by atoms with Gasteiger partial charge in [-0.05, 0) is 220 Å². The number of carbonyl (C=O) groups excluding carboxylic acids is 4. The van der Waals surface area contributed by atoms with Crippen LogP contribution < -0.4 is 19.9 Å². The molecule has 4 aromatic rings. The Morgan fingerprint density at radius 2 is 0.518 bits per heavy atom. The van der Waals surface area contributed by atoms with E-state index in [1.807, 2.05) is 83.1 Å². The summed E-state index contributed by atoms with van der Waals surface area (Å²) in [5, 5.41) is 0. The molecule has 8 heterocycles. The standard InChI is InChI=1S/2C47H66N4O4.2Zn/c2*1-13-15-17-19-21-28(3)54-46(52)24-40-32(7)44(50-36(40)11)26-42-30(5)38(34(9)48-42)23-39-31(6)43(49-35(39)10)27-45-33(8)41(37(12)51-45)25-47(53)55-29(4)22-20-18-16-14-2;;/h2*26-29H,13-25H2,1-12H3;;/q2*-2;2*+2/t2*28-,29-;;/m00../s1. The van der Waals surface area contributed by atoms with Crippen molar-refractivity contribution in [1.82, 2.24) is 19.9 Å². The maximum Gasteiger partial charge on any atom is 2.00 e. The van der Waals surface area contributed by atoms with Crippen molar-refractivity contribution in [2.24, 2.45) is 20.0 Å². The zero-order valence-electron chi connectivity index (χ0n) is 73.3. The predicted molar refractivity (Wildman–Crippen MR) is 453 cm³/mol. The number of nitrogens with zero attached hydrogens (tertiary/aromatic N) is 8. The van der Waals surface area contributed by atoms with E-state index in [1.54, 1.807) is 0 Å². The molecule has 18 heteroatoms. The largest absolute Gasteiger partial charge is 2.00 e. The molecule has 0 N–H and O–H groups in total. The summed E-state index contributed by atoms with van der Waals surface area (Å²) in [6.45, 7) is 49.5. The molecule has 0 unspecified atom stereocenters. The molecular formula is C94H132N8O8Zn2. The van der Waals surface area contributed by atoms with Crippen molar-refractivity contribution in [3.05, 3.63) is 157 Å². The smallest absolute Gasteiger partial charge is 0.661 e. The zero-order chi connectivity index (χ0) is 80.8. The molecule has 0 saturated heterocycles. The van der Waals surface area contributed by atoms with Gasteiger partial charge in [-0.1, -0.05) is 201 Å². The van der Waals surface area contributed by atoms with E-state index in [0.29, 0.717) is 0 Å². The van der Waals surface area contributed by atoms with Crippen molar-refractivity contribution in [3.8, 4) is 0 Å². The van der Waals surface area contributed by atoms with E-state index in [4.69, 9.17) is 58.9 Å².